The Morgan fingerprint density at radius 1 is 1.19 bits per heavy atom. The van der Waals surface area contributed by atoms with E-state index in [0.29, 0.717) is 11.5 Å². The van der Waals surface area contributed by atoms with Crippen molar-refractivity contribution in [3.8, 4) is 11.4 Å². The van der Waals surface area contributed by atoms with E-state index in [2.05, 4.69) is 74.4 Å². The van der Waals surface area contributed by atoms with Crippen LogP contribution < -0.4 is 4.90 Å². The van der Waals surface area contributed by atoms with Crippen molar-refractivity contribution >= 4 is 5.69 Å². The van der Waals surface area contributed by atoms with Crippen molar-refractivity contribution in [3.05, 3.63) is 47.5 Å². The minimum atomic E-state index is -0.311. The summed E-state index contributed by atoms with van der Waals surface area (Å²) in [5.74, 6) is 0.404. The van der Waals surface area contributed by atoms with Crippen LogP contribution in [0, 0.1) is 11.7 Å². The largest absolute Gasteiger partial charge is 0.368 e. The molecule has 31 heavy (non-hydrogen) atoms. The third-order valence-electron chi connectivity index (χ3n) is 5.74. The fourth-order valence-electron chi connectivity index (χ4n) is 4.28. The molecule has 0 amide bonds. The van der Waals surface area contributed by atoms with Gasteiger partial charge in [0, 0.05) is 37.9 Å². The highest BCUT2D eigenvalue weighted by atomic mass is 19.1. The molecule has 0 spiro atoms. The number of tetrazole rings is 1. The molecule has 0 saturated carbocycles. The molecule has 1 N–H and O–H groups in total. The second-order valence-corrected chi connectivity index (χ2v) is 9.18. The number of benzene rings is 1. The summed E-state index contributed by atoms with van der Waals surface area (Å²) in [4.78, 5) is 4.64. The zero-order valence-electron chi connectivity index (χ0n) is 18.5. The lowest BCUT2D eigenvalue weighted by molar-refractivity contribution is 0.0945. The second kappa shape index (κ2) is 8.66. The average molecular weight is 425 g/mol. The monoisotopic (exact) mass is 424 g/mol. The highest BCUT2D eigenvalue weighted by Crippen LogP contribution is 2.36. The summed E-state index contributed by atoms with van der Waals surface area (Å²) in [6.07, 6.45) is 2.50. The van der Waals surface area contributed by atoms with Crippen molar-refractivity contribution in [2.75, 3.05) is 24.5 Å². The summed E-state index contributed by atoms with van der Waals surface area (Å²) < 4.78 is 15.3. The summed E-state index contributed by atoms with van der Waals surface area (Å²) >= 11 is 0. The molecule has 0 radical (unpaired) electrons. The average Bonchev–Trinajstić information content (AvgIpc) is 3.23. The van der Waals surface area contributed by atoms with E-state index in [0.717, 1.165) is 49.5 Å². The third-order valence-corrected chi connectivity index (χ3v) is 5.74. The van der Waals surface area contributed by atoms with Crippen LogP contribution in [-0.4, -0.2) is 60.9 Å². The molecule has 2 aromatic heterocycles. The number of hydrogen-bond acceptors (Lipinski definition) is 7. The second-order valence-electron chi connectivity index (χ2n) is 9.18. The summed E-state index contributed by atoms with van der Waals surface area (Å²) in [6.45, 7) is 11.7. The van der Waals surface area contributed by atoms with E-state index >= 15 is 4.39 Å². The molecule has 8 nitrogen and oxygen atoms in total. The number of H-pyrrole nitrogens is 1. The van der Waals surface area contributed by atoms with Crippen molar-refractivity contribution in [1.29, 1.82) is 0 Å². The Morgan fingerprint density at radius 2 is 2.03 bits per heavy atom. The standard InChI is InChI=1S/C22H29FN8/c1-15(2)10-16-11-18(23)20(21-26-28-29-27-21)19(12-16)30-8-9-31(22(3,4)14-30)13-17-6-5-7-24-25-17/h5-7,11-12,15H,8-10,13-14H2,1-4H3,(H,26,27,28,29). The summed E-state index contributed by atoms with van der Waals surface area (Å²) in [7, 11) is 0. The van der Waals surface area contributed by atoms with Crippen molar-refractivity contribution in [3.63, 3.8) is 0 Å². The lowest BCUT2D eigenvalue weighted by Gasteiger charge is -2.48. The van der Waals surface area contributed by atoms with Crippen LogP contribution in [0.25, 0.3) is 11.4 Å². The van der Waals surface area contributed by atoms with Crippen molar-refractivity contribution in [2.45, 2.75) is 46.2 Å². The van der Waals surface area contributed by atoms with Gasteiger partial charge in [0.2, 0.25) is 5.82 Å². The first kappa shape index (κ1) is 21.3. The van der Waals surface area contributed by atoms with E-state index < -0.39 is 0 Å². The van der Waals surface area contributed by atoms with Crippen LogP contribution in [0.3, 0.4) is 0 Å². The van der Waals surface area contributed by atoms with Gasteiger partial charge in [0.05, 0.1) is 16.9 Å². The minimum absolute atomic E-state index is 0.144. The molecule has 0 unspecified atom stereocenters. The third kappa shape index (κ3) is 4.71. The van der Waals surface area contributed by atoms with Gasteiger partial charge in [-0.25, -0.2) is 4.39 Å². The Hall–Kier alpha value is -2.94. The maximum atomic E-state index is 15.3. The quantitative estimate of drug-likeness (QED) is 0.651. The van der Waals surface area contributed by atoms with E-state index in [-0.39, 0.29) is 17.2 Å². The Labute approximate surface area is 181 Å². The van der Waals surface area contributed by atoms with Gasteiger partial charge in [-0.05, 0) is 61.2 Å². The lowest BCUT2D eigenvalue weighted by atomic mass is 9.95. The maximum Gasteiger partial charge on any atom is 0.209 e. The van der Waals surface area contributed by atoms with E-state index in [4.69, 9.17) is 0 Å². The van der Waals surface area contributed by atoms with Crippen LogP contribution in [0.1, 0.15) is 39.0 Å². The van der Waals surface area contributed by atoms with E-state index in [1.54, 1.807) is 12.3 Å². The van der Waals surface area contributed by atoms with Gasteiger partial charge in [0.25, 0.3) is 0 Å². The topological polar surface area (TPSA) is 86.7 Å². The first-order chi connectivity index (χ1) is 14.8. The molecule has 164 valence electrons. The minimum Gasteiger partial charge on any atom is -0.368 e. The molecule has 0 aliphatic carbocycles. The normalized spacial score (nSPS) is 16.8. The van der Waals surface area contributed by atoms with E-state index in [9.17, 15) is 0 Å². The SMILES string of the molecule is CC(C)Cc1cc(F)c(-c2nn[nH]n2)c(N2CCN(Cc3cccnn3)C(C)(C)C2)c1. The van der Waals surface area contributed by atoms with Gasteiger partial charge in [-0.1, -0.05) is 13.8 Å². The fourth-order valence-corrected chi connectivity index (χ4v) is 4.28. The van der Waals surface area contributed by atoms with Crippen molar-refractivity contribution in [2.24, 2.45) is 5.92 Å². The van der Waals surface area contributed by atoms with Crippen LogP contribution in [0.4, 0.5) is 10.1 Å². The first-order valence-electron chi connectivity index (χ1n) is 10.7. The number of nitrogens with one attached hydrogen (secondary N) is 1. The Bertz CT molecular complexity index is 1000. The molecule has 1 fully saturated rings. The van der Waals surface area contributed by atoms with E-state index in [1.165, 1.54) is 0 Å². The molecule has 1 aliphatic rings. The summed E-state index contributed by atoms with van der Waals surface area (Å²) in [5, 5.41) is 22.4. The van der Waals surface area contributed by atoms with Crippen LogP contribution >= 0.6 is 0 Å². The van der Waals surface area contributed by atoms with Crippen molar-refractivity contribution < 1.29 is 4.39 Å². The van der Waals surface area contributed by atoms with Gasteiger partial charge in [-0.15, -0.1) is 10.2 Å². The van der Waals surface area contributed by atoms with Gasteiger partial charge in [-0.2, -0.15) is 15.4 Å². The number of nitrogens with zero attached hydrogens (tertiary/aromatic N) is 7. The van der Waals surface area contributed by atoms with Gasteiger partial charge in [-0.3, -0.25) is 4.90 Å². The number of rotatable bonds is 6. The van der Waals surface area contributed by atoms with Crippen molar-refractivity contribution in [1.82, 2.24) is 35.7 Å². The Kier molecular flexibility index (Phi) is 5.95. The predicted octanol–water partition coefficient (Wildman–Crippen LogP) is 3.10. The maximum absolute atomic E-state index is 15.3. The highest BCUT2D eigenvalue weighted by Gasteiger charge is 2.35. The fraction of sp³-hybridized carbons (Fsp3) is 0.500. The number of piperazine rings is 1. The molecule has 3 aromatic rings. The molecule has 1 aromatic carbocycles. The van der Waals surface area contributed by atoms with Gasteiger partial charge in [0.15, 0.2) is 0 Å². The smallest absolute Gasteiger partial charge is 0.209 e. The number of aromatic nitrogens is 6. The van der Waals surface area contributed by atoms with Crippen LogP contribution in [0.15, 0.2) is 30.5 Å². The molecule has 0 atom stereocenters. The highest BCUT2D eigenvalue weighted by molar-refractivity contribution is 5.76. The molecule has 4 rings (SSSR count). The molecule has 9 heteroatoms. The van der Waals surface area contributed by atoms with Crippen LogP contribution in [0.2, 0.25) is 0 Å². The molecule has 1 aliphatic heterocycles. The van der Waals surface area contributed by atoms with Gasteiger partial charge < -0.3 is 4.90 Å². The van der Waals surface area contributed by atoms with Crippen LogP contribution in [0.5, 0.6) is 0 Å². The molecule has 3 heterocycles. The number of halogens is 1. The number of hydrogen-bond donors (Lipinski definition) is 1. The lowest BCUT2D eigenvalue weighted by Crippen LogP contribution is -2.59. The molecular formula is C22H29FN8. The number of anilines is 1. The zero-order valence-corrected chi connectivity index (χ0v) is 18.5. The van der Waals surface area contributed by atoms with Crippen LogP contribution in [-0.2, 0) is 13.0 Å². The van der Waals surface area contributed by atoms with Gasteiger partial charge in [0.1, 0.15) is 5.82 Å². The molecule has 1 saturated heterocycles. The Morgan fingerprint density at radius 3 is 2.68 bits per heavy atom. The Balaban J connectivity index is 1.65. The van der Waals surface area contributed by atoms with Gasteiger partial charge >= 0.3 is 0 Å². The zero-order chi connectivity index (χ0) is 22.0. The molecular weight excluding hydrogens is 395 g/mol. The first-order valence-corrected chi connectivity index (χ1v) is 10.7. The predicted molar refractivity (Wildman–Crippen MR) is 117 cm³/mol. The molecule has 0 bridgehead atoms. The summed E-state index contributed by atoms with van der Waals surface area (Å²) in [5.41, 5.74) is 3.01. The van der Waals surface area contributed by atoms with E-state index in [1.807, 2.05) is 12.1 Å². The number of aromatic amines is 1. The summed E-state index contributed by atoms with van der Waals surface area (Å²) in [6, 6.07) is 7.59.